The summed E-state index contributed by atoms with van der Waals surface area (Å²) in [4.78, 5) is 12.0. The second-order valence-electron chi connectivity index (χ2n) is 9.52. The first-order valence-corrected chi connectivity index (χ1v) is 13.9. The number of unbranched alkanes of at least 4 members (excludes halogenated alkanes) is 5. The Morgan fingerprint density at radius 1 is 1.11 bits per heavy atom. The molecule has 1 N–H and O–H groups in total. The van der Waals surface area contributed by atoms with Crippen LogP contribution >= 0.6 is 0 Å². The van der Waals surface area contributed by atoms with Crippen molar-refractivity contribution in [2.45, 2.75) is 103 Å². The Labute approximate surface area is 174 Å². The van der Waals surface area contributed by atoms with Gasteiger partial charge in [0.2, 0.25) is 0 Å². The fraction of sp³-hybridized carbons (Fsp3) is 0.708. The van der Waals surface area contributed by atoms with Gasteiger partial charge in [-0.25, -0.2) is 0 Å². The van der Waals surface area contributed by atoms with E-state index < -0.39 is 13.9 Å². The van der Waals surface area contributed by atoms with Crippen molar-refractivity contribution in [2.24, 2.45) is 0 Å². The van der Waals surface area contributed by atoms with Crippen LogP contribution < -0.4 is 0 Å². The number of ketones is 1. The first-order valence-electron chi connectivity index (χ1n) is 11.0. The summed E-state index contributed by atoms with van der Waals surface area (Å²) in [6.07, 6.45) is 17.1. The Balaban J connectivity index is 2.22. The van der Waals surface area contributed by atoms with Crippen LogP contribution in [-0.4, -0.2) is 31.4 Å². The number of aliphatic hydroxyl groups is 1. The molecule has 0 heterocycles. The highest BCUT2D eigenvalue weighted by molar-refractivity contribution is 6.74. The molecule has 160 valence electrons. The van der Waals surface area contributed by atoms with E-state index in [0.29, 0.717) is 12.0 Å². The van der Waals surface area contributed by atoms with Crippen LogP contribution in [0, 0.1) is 0 Å². The largest absolute Gasteiger partial charge is 0.417 e. The van der Waals surface area contributed by atoms with E-state index in [1.807, 2.05) is 12.2 Å². The van der Waals surface area contributed by atoms with E-state index in [9.17, 15) is 9.90 Å². The van der Waals surface area contributed by atoms with Gasteiger partial charge in [-0.15, -0.1) is 0 Å². The topological polar surface area (TPSA) is 46.5 Å². The predicted octanol–water partition coefficient (Wildman–Crippen LogP) is 6.50. The molecule has 0 amide bonds. The number of rotatable bonds is 12. The van der Waals surface area contributed by atoms with Gasteiger partial charge in [0.1, 0.15) is 5.60 Å². The fourth-order valence-electron chi connectivity index (χ4n) is 3.10. The van der Waals surface area contributed by atoms with Crippen LogP contribution in [0.3, 0.4) is 0 Å². The monoisotopic (exact) mass is 406 g/mol. The first-order chi connectivity index (χ1) is 13.0. The molecule has 0 aliphatic heterocycles. The van der Waals surface area contributed by atoms with Crippen LogP contribution in [0.4, 0.5) is 0 Å². The highest BCUT2D eigenvalue weighted by atomic mass is 28.4. The normalized spacial score (nSPS) is 22.1. The number of carbonyl (C=O) groups excluding carboxylic acids is 1. The summed E-state index contributed by atoms with van der Waals surface area (Å²) in [6, 6.07) is 0. The Morgan fingerprint density at radius 3 is 2.32 bits per heavy atom. The molecule has 0 saturated carbocycles. The average molecular weight is 407 g/mol. The molecule has 0 spiro atoms. The predicted molar refractivity (Wildman–Crippen MR) is 122 cm³/mol. The van der Waals surface area contributed by atoms with E-state index in [1.165, 1.54) is 25.3 Å². The van der Waals surface area contributed by atoms with E-state index in [4.69, 9.17) is 4.43 Å². The Morgan fingerprint density at radius 2 is 1.71 bits per heavy atom. The van der Waals surface area contributed by atoms with Crippen LogP contribution in [0.5, 0.6) is 0 Å². The maximum Gasteiger partial charge on any atom is 0.191 e. The zero-order valence-electron chi connectivity index (χ0n) is 19.0. The van der Waals surface area contributed by atoms with Gasteiger partial charge in [0.25, 0.3) is 0 Å². The van der Waals surface area contributed by atoms with Crippen LogP contribution in [0.1, 0.15) is 79.1 Å². The molecule has 0 radical (unpaired) electrons. The summed E-state index contributed by atoms with van der Waals surface area (Å²) in [5.41, 5.74) is -0.563. The zero-order valence-corrected chi connectivity index (χ0v) is 20.0. The van der Waals surface area contributed by atoms with Gasteiger partial charge in [-0.3, -0.25) is 4.79 Å². The minimum Gasteiger partial charge on any atom is -0.417 e. The number of hydrogen-bond donors (Lipinski definition) is 1. The molecule has 0 saturated heterocycles. The van der Waals surface area contributed by atoms with E-state index >= 15 is 0 Å². The smallest absolute Gasteiger partial charge is 0.191 e. The van der Waals surface area contributed by atoms with Gasteiger partial charge in [0.05, 0.1) is 0 Å². The summed E-state index contributed by atoms with van der Waals surface area (Å²) in [7, 11) is -1.61. The van der Waals surface area contributed by atoms with Crippen molar-refractivity contribution in [3.05, 3.63) is 36.0 Å². The van der Waals surface area contributed by atoms with Gasteiger partial charge in [-0.1, -0.05) is 71.6 Å². The number of carbonyl (C=O) groups is 1. The van der Waals surface area contributed by atoms with Gasteiger partial charge < -0.3 is 9.53 Å². The second-order valence-corrected chi connectivity index (χ2v) is 14.3. The summed E-state index contributed by atoms with van der Waals surface area (Å²) < 4.78 is 6.22. The van der Waals surface area contributed by atoms with Crippen LogP contribution in [-0.2, 0) is 9.22 Å². The quantitative estimate of drug-likeness (QED) is 0.228. The molecule has 0 aromatic carbocycles. The van der Waals surface area contributed by atoms with Crippen molar-refractivity contribution in [1.82, 2.24) is 0 Å². The molecule has 1 aliphatic rings. The van der Waals surface area contributed by atoms with Gasteiger partial charge in [-0.2, -0.15) is 0 Å². The number of hydrogen-bond acceptors (Lipinski definition) is 3. The third-order valence-electron chi connectivity index (χ3n) is 6.10. The van der Waals surface area contributed by atoms with Crippen molar-refractivity contribution in [1.29, 1.82) is 0 Å². The highest BCUT2D eigenvalue weighted by Crippen LogP contribution is 2.36. The molecule has 0 aromatic rings. The van der Waals surface area contributed by atoms with Crippen LogP contribution in [0.2, 0.25) is 18.1 Å². The van der Waals surface area contributed by atoms with Crippen LogP contribution in [0.25, 0.3) is 0 Å². The summed E-state index contributed by atoms with van der Waals surface area (Å²) >= 11 is 0. The second kappa shape index (κ2) is 11.3. The maximum atomic E-state index is 12.0. The molecule has 3 nitrogen and oxygen atoms in total. The van der Waals surface area contributed by atoms with Crippen molar-refractivity contribution >= 4 is 14.1 Å². The number of allylic oxidation sites excluding steroid dienone is 4. The van der Waals surface area contributed by atoms with Crippen molar-refractivity contribution in [3.8, 4) is 0 Å². The SMILES string of the molecule is CC/C=C/C=C1/C(=O)C=CC1(O)CCCCCCCCO[Si](C)(C)C(C)(C)C. The lowest BCUT2D eigenvalue weighted by molar-refractivity contribution is -0.112. The lowest BCUT2D eigenvalue weighted by Gasteiger charge is -2.36. The molecule has 0 aromatic heterocycles. The molecule has 0 fully saturated rings. The highest BCUT2D eigenvalue weighted by Gasteiger charge is 2.37. The van der Waals surface area contributed by atoms with E-state index in [2.05, 4.69) is 40.8 Å². The molecule has 1 unspecified atom stereocenters. The Bertz CT molecular complexity index is 581. The Hall–Kier alpha value is -0.973. The van der Waals surface area contributed by atoms with Gasteiger partial charge in [0, 0.05) is 12.2 Å². The average Bonchev–Trinajstić information content (AvgIpc) is 2.88. The molecule has 0 bridgehead atoms. The summed E-state index contributed by atoms with van der Waals surface area (Å²) in [5, 5.41) is 11.1. The molecule has 4 heteroatoms. The third-order valence-corrected chi connectivity index (χ3v) is 10.6. The van der Waals surface area contributed by atoms with Crippen molar-refractivity contribution in [2.75, 3.05) is 6.61 Å². The maximum absolute atomic E-state index is 12.0. The van der Waals surface area contributed by atoms with Gasteiger partial charge in [-0.05, 0) is 56.0 Å². The standard InChI is InChI=1S/C24H42O3Si/c1-7-8-13-16-21-22(25)17-19-24(21,26)18-14-11-9-10-12-15-20-27-28(5,6)23(2,3)4/h8,13,16-17,19,26H,7,9-12,14-15,18,20H2,1-6H3/b13-8+,21-16-. The van der Waals surface area contributed by atoms with Crippen molar-refractivity contribution < 1.29 is 14.3 Å². The molecule has 1 aliphatic carbocycles. The van der Waals surface area contributed by atoms with Crippen LogP contribution in [0.15, 0.2) is 36.0 Å². The van der Waals surface area contributed by atoms with Crippen molar-refractivity contribution in [3.63, 3.8) is 0 Å². The molecule has 1 rings (SSSR count). The minimum absolute atomic E-state index is 0.0648. The lowest BCUT2D eigenvalue weighted by Crippen LogP contribution is -2.40. The molecular weight excluding hydrogens is 364 g/mol. The van der Waals surface area contributed by atoms with E-state index in [1.54, 1.807) is 12.2 Å². The fourth-order valence-corrected chi connectivity index (χ4v) is 4.19. The lowest BCUT2D eigenvalue weighted by atomic mass is 9.90. The summed E-state index contributed by atoms with van der Waals surface area (Å²) in [5.74, 6) is -0.0648. The summed E-state index contributed by atoms with van der Waals surface area (Å²) in [6.45, 7) is 14.4. The molecule has 28 heavy (non-hydrogen) atoms. The van der Waals surface area contributed by atoms with Gasteiger partial charge >= 0.3 is 0 Å². The zero-order chi connectivity index (χ0) is 21.3. The van der Waals surface area contributed by atoms with Gasteiger partial charge in [0.15, 0.2) is 14.1 Å². The minimum atomic E-state index is -1.61. The first kappa shape index (κ1) is 25.1. The molecule has 1 atom stereocenters. The third kappa shape index (κ3) is 7.80. The van der Waals surface area contributed by atoms with E-state index in [0.717, 1.165) is 32.3 Å². The Kier molecular flexibility index (Phi) is 10.1. The van der Waals surface area contributed by atoms with E-state index in [-0.39, 0.29) is 10.8 Å². The molecular formula is C24H42O3Si.